The van der Waals surface area contributed by atoms with Gasteiger partial charge in [0.15, 0.2) is 11.4 Å². The predicted octanol–water partition coefficient (Wildman–Crippen LogP) is 3.89. The van der Waals surface area contributed by atoms with Crippen LogP contribution < -0.4 is 20.1 Å². The molecule has 2 atom stereocenters. The summed E-state index contributed by atoms with van der Waals surface area (Å²) in [7, 11) is 1.73. The Balaban J connectivity index is 1.27. The Kier molecular flexibility index (Phi) is 6.08. The van der Waals surface area contributed by atoms with Crippen molar-refractivity contribution in [2.75, 3.05) is 19.0 Å². The van der Waals surface area contributed by atoms with Gasteiger partial charge in [-0.25, -0.2) is 19.3 Å². The van der Waals surface area contributed by atoms with E-state index in [1.165, 1.54) is 17.0 Å². The van der Waals surface area contributed by atoms with Crippen LogP contribution >= 0.6 is 11.6 Å². The van der Waals surface area contributed by atoms with Gasteiger partial charge in [-0.15, -0.1) is 0 Å². The summed E-state index contributed by atoms with van der Waals surface area (Å²) in [5.41, 5.74) is 1.35. The van der Waals surface area contributed by atoms with Gasteiger partial charge in [-0.1, -0.05) is 11.6 Å². The van der Waals surface area contributed by atoms with Gasteiger partial charge in [0, 0.05) is 19.2 Å². The van der Waals surface area contributed by atoms with Crippen molar-refractivity contribution >= 4 is 40.2 Å². The van der Waals surface area contributed by atoms with Crippen molar-refractivity contribution in [3.8, 4) is 11.5 Å². The third-order valence-electron chi connectivity index (χ3n) is 6.19. The number of fused-ring (bicyclic) bond motifs is 2. The molecule has 1 fully saturated rings. The van der Waals surface area contributed by atoms with Crippen LogP contribution in [0.1, 0.15) is 32.3 Å². The maximum Gasteiger partial charge on any atom is 0.328 e. The number of amides is 1. The first-order valence-electron chi connectivity index (χ1n) is 11.4. The lowest BCUT2D eigenvalue weighted by Crippen LogP contribution is -2.52. The van der Waals surface area contributed by atoms with Gasteiger partial charge >= 0.3 is 11.7 Å². The first-order valence-corrected chi connectivity index (χ1v) is 11.8. The lowest BCUT2D eigenvalue weighted by Gasteiger charge is -2.37. The zero-order valence-electron chi connectivity index (χ0n) is 19.9. The number of hydrogen-bond acceptors (Lipinski definition) is 9. The summed E-state index contributed by atoms with van der Waals surface area (Å²) in [6.07, 6.45) is 2.61. The molecule has 0 saturated heterocycles. The average molecular weight is 517 g/mol. The van der Waals surface area contributed by atoms with E-state index in [1.807, 2.05) is 13.8 Å². The van der Waals surface area contributed by atoms with Gasteiger partial charge in [-0.2, -0.15) is 0 Å². The molecule has 12 nitrogen and oxygen atoms in total. The Morgan fingerprint density at radius 3 is 2.86 bits per heavy atom. The molecule has 5 rings (SSSR count). The molecule has 0 spiro atoms. The number of halogens is 1. The van der Waals surface area contributed by atoms with Gasteiger partial charge in [0.05, 0.1) is 29.4 Å². The molecular formula is C23H25ClN6O6. The highest BCUT2D eigenvalue weighted by atomic mass is 35.5. The van der Waals surface area contributed by atoms with Crippen molar-refractivity contribution in [1.82, 2.24) is 19.9 Å². The van der Waals surface area contributed by atoms with Gasteiger partial charge in [-0.05, 0) is 38.3 Å². The van der Waals surface area contributed by atoms with Crippen LogP contribution in [0.15, 0.2) is 24.5 Å². The number of nitro groups is 1. The number of hydrogen-bond donors (Lipinski definition) is 2. The molecule has 0 bridgehead atoms. The molecular weight excluding hydrogens is 492 g/mol. The van der Waals surface area contributed by atoms with E-state index < -0.39 is 16.6 Å². The molecule has 3 aromatic rings. The lowest BCUT2D eigenvalue weighted by molar-refractivity contribution is -0.386. The van der Waals surface area contributed by atoms with Crippen LogP contribution in [0.2, 0.25) is 5.15 Å². The molecule has 1 aliphatic heterocycles. The number of carbonyl (C=O) groups excluding carboxylic acids is 1. The number of carbonyl (C=O) groups is 1. The van der Waals surface area contributed by atoms with E-state index in [1.54, 1.807) is 19.2 Å². The molecule has 2 aromatic heterocycles. The second kappa shape index (κ2) is 9.10. The number of imidazole rings is 1. The van der Waals surface area contributed by atoms with Crippen molar-refractivity contribution < 1.29 is 23.9 Å². The van der Waals surface area contributed by atoms with Crippen LogP contribution in [0.25, 0.3) is 11.2 Å². The highest BCUT2D eigenvalue weighted by Gasteiger charge is 2.36. The average Bonchev–Trinajstić information content (AvgIpc) is 3.23. The molecule has 13 heteroatoms. The van der Waals surface area contributed by atoms with E-state index in [0.717, 1.165) is 12.8 Å². The number of ether oxygens (including phenoxy) is 3. The fourth-order valence-electron chi connectivity index (χ4n) is 4.22. The standard InChI is InChI=1S/C23H25ClN6O6/c1-23(2)10-35-20-15(30(32)33)6-12(7-17(20)36-23)9-34-16-5-4-13(16)27-22(31)29-11-26-19-14(25-3)8-18(24)28-21(19)29/h6-8,11,13,16H,4-5,9-10H2,1-3H3,(H,25,28)(H,27,31)/t13-,16-/m1/s1. The maximum atomic E-state index is 12.9. The van der Waals surface area contributed by atoms with Gasteiger partial charge in [0.25, 0.3) is 0 Å². The van der Waals surface area contributed by atoms with Crippen LogP contribution in [-0.4, -0.2) is 56.9 Å². The summed E-state index contributed by atoms with van der Waals surface area (Å²) in [5.74, 6) is 0.441. The minimum atomic E-state index is -0.603. The van der Waals surface area contributed by atoms with Crippen molar-refractivity contribution in [3.63, 3.8) is 0 Å². The number of nitro benzene ring substituents is 1. The minimum absolute atomic E-state index is 0.117. The van der Waals surface area contributed by atoms with E-state index >= 15 is 0 Å². The zero-order chi connectivity index (χ0) is 25.6. The quantitative estimate of drug-likeness (QED) is 0.283. The van der Waals surface area contributed by atoms with Crippen molar-refractivity contribution in [2.24, 2.45) is 0 Å². The summed E-state index contributed by atoms with van der Waals surface area (Å²) in [6.45, 7) is 4.02. The van der Waals surface area contributed by atoms with E-state index in [0.29, 0.717) is 28.2 Å². The van der Waals surface area contributed by atoms with Crippen LogP contribution in [0.5, 0.6) is 11.5 Å². The molecule has 0 unspecified atom stereocenters. The Hall–Kier alpha value is -3.64. The van der Waals surface area contributed by atoms with Crippen molar-refractivity contribution in [3.05, 3.63) is 45.4 Å². The predicted molar refractivity (Wildman–Crippen MR) is 131 cm³/mol. The zero-order valence-corrected chi connectivity index (χ0v) is 20.7. The summed E-state index contributed by atoms with van der Waals surface area (Å²) in [6, 6.07) is 4.13. The molecule has 0 radical (unpaired) electrons. The van der Waals surface area contributed by atoms with Gasteiger partial charge < -0.3 is 24.8 Å². The van der Waals surface area contributed by atoms with Crippen LogP contribution in [0.4, 0.5) is 16.2 Å². The number of rotatable bonds is 6. The maximum absolute atomic E-state index is 12.9. The molecule has 190 valence electrons. The number of nitrogens with zero attached hydrogens (tertiary/aromatic N) is 4. The van der Waals surface area contributed by atoms with Gasteiger partial charge in [-0.3, -0.25) is 10.1 Å². The Morgan fingerprint density at radius 2 is 2.17 bits per heavy atom. The molecule has 2 aliphatic rings. The largest absolute Gasteiger partial charge is 0.480 e. The van der Waals surface area contributed by atoms with E-state index in [4.69, 9.17) is 25.8 Å². The Morgan fingerprint density at radius 1 is 1.36 bits per heavy atom. The number of anilines is 1. The summed E-state index contributed by atoms with van der Waals surface area (Å²) < 4.78 is 18.8. The Labute approximate surface area is 211 Å². The molecule has 1 aliphatic carbocycles. The van der Waals surface area contributed by atoms with Gasteiger partial charge in [0.2, 0.25) is 5.75 Å². The third kappa shape index (κ3) is 4.49. The SMILES string of the molecule is CNc1cc(Cl)nc2c1ncn2C(=O)N[C@@H]1CC[C@H]1OCc1cc2c(c([N+](=O)[O-])c1)OCC(C)(C)O2. The second-order valence-electron chi connectivity index (χ2n) is 9.36. The van der Waals surface area contributed by atoms with E-state index in [9.17, 15) is 14.9 Å². The lowest BCUT2D eigenvalue weighted by atomic mass is 9.89. The summed E-state index contributed by atoms with van der Waals surface area (Å²) in [4.78, 5) is 32.5. The number of benzene rings is 1. The number of nitrogens with one attached hydrogen (secondary N) is 2. The molecule has 3 heterocycles. The van der Waals surface area contributed by atoms with Crippen molar-refractivity contribution in [1.29, 1.82) is 0 Å². The van der Waals surface area contributed by atoms with E-state index in [-0.39, 0.29) is 41.9 Å². The fourth-order valence-corrected chi connectivity index (χ4v) is 4.41. The first-order chi connectivity index (χ1) is 17.1. The summed E-state index contributed by atoms with van der Waals surface area (Å²) in [5, 5.41) is 17.8. The Bertz CT molecular complexity index is 1360. The first kappa shape index (κ1) is 24.1. The summed E-state index contributed by atoms with van der Waals surface area (Å²) >= 11 is 6.09. The molecule has 36 heavy (non-hydrogen) atoms. The van der Waals surface area contributed by atoms with Crippen LogP contribution in [0.3, 0.4) is 0 Å². The van der Waals surface area contributed by atoms with Crippen LogP contribution in [-0.2, 0) is 11.3 Å². The number of pyridine rings is 1. The van der Waals surface area contributed by atoms with E-state index in [2.05, 4.69) is 20.6 Å². The molecule has 1 saturated carbocycles. The fraction of sp³-hybridized carbons (Fsp3) is 0.435. The smallest absolute Gasteiger partial charge is 0.328 e. The van der Waals surface area contributed by atoms with Gasteiger partial charge in [0.1, 0.15) is 29.2 Å². The molecule has 1 aromatic carbocycles. The highest BCUT2D eigenvalue weighted by molar-refractivity contribution is 6.30. The molecule has 2 N–H and O–H groups in total. The minimum Gasteiger partial charge on any atom is -0.480 e. The third-order valence-corrected chi connectivity index (χ3v) is 6.38. The topological polar surface area (TPSA) is 143 Å². The van der Waals surface area contributed by atoms with Crippen LogP contribution in [0, 0.1) is 10.1 Å². The monoisotopic (exact) mass is 516 g/mol. The number of aromatic nitrogens is 3. The highest BCUT2D eigenvalue weighted by Crippen LogP contribution is 2.43. The van der Waals surface area contributed by atoms with Crippen molar-refractivity contribution in [2.45, 2.75) is 51.0 Å². The second-order valence-corrected chi connectivity index (χ2v) is 9.75. The molecule has 1 amide bonds. The normalized spacial score (nSPS) is 20.0.